The summed E-state index contributed by atoms with van der Waals surface area (Å²) in [7, 11) is -3.88. The Morgan fingerprint density at radius 2 is 1.73 bits per heavy atom. The second-order valence-corrected chi connectivity index (χ2v) is 12.2. The van der Waals surface area contributed by atoms with E-state index in [1.165, 1.54) is 4.31 Å². The molecule has 0 unspecified atom stereocenters. The molecule has 1 fully saturated rings. The molecule has 1 aromatic heterocycles. The molecule has 1 saturated carbocycles. The highest BCUT2D eigenvalue weighted by molar-refractivity contribution is 7.89. The van der Waals surface area contributed by atoms with Gasteiger partial charge in [0.1, 0.15) is 0 Å². The predicted molar refractivity (Wildman–Crippen MR) is 142 cm³/mol. The molecule has 190 valence electrons. The minimum atomic E-state index is -3.88. The number of amides is 1. The van der Waals surface area contributed by atoms with Crippen LogP contribution in [0.2, 0.25) is 0 Å². The monoisotopic (exact) mass is 534 g/mol. The smallest absolute Gasteiger partial charge is 0.244 e. The van der Waals surface area contributed by atoms with Gasteiger partial charge in [-0.15, -0.1) is 11.3 Å². The van der Waals surface area contributed by atoms with Gasteiger partial charge in [0.05, 0.1) is 18.0 Å². The van der Waals surface area contributed by atoms with Crippen molar-refractivity contribution in [3.8, 4) is 11.5 Å². The molecule has 0 radical (unpaired) electrons. The molecule has 4 aromatic rings. The van der Waals surface area contributed by atoms with Crippen LogP contribution in [-0.4, -0.2) is 42.9 Å². The van der Waals surface area contributed by atoms with Crippen LogP contribution in [0.3, 0.4) is 0 Å². The van der Waals surface area contributed by atoms with E-state index in [4.69, 9.17) is 9.47 Å². The first-order chi connectivity index (χ1) is 18.0. The van der Waals surface area contributed by atoms with Crippen molar-refractivity contribution in [3.05, 3.63) is 88.6 Å². The average molecular weight is 535 g/mol. The topological polar surface area (TPSA) is 76.2 Å². The van der Waals surface area contributed by atoms with Gasteiger partial charge in [0.25, 0.3) is 0 Å². The number of sulfonamides is 1. The van der Waals surface area contributed by atoms with Crippen molar-refractivity contribution >= 4 is 38.0 Å². The number of ether oxygens (including phenoxy) is 2. The Kier molecular flexibility index (Phi) is 6.36. The van der Waals surface area contributed by atoms with Crippen molar-refractivity contribution in [2.45, 2.75) is 36.9 Å². The molecule has 1 aliphatic heterocycles. The van der Waals surface area contributed by atoms with E-state index >= 15 is 0 Å². The highest BCUT2D eigenvalue weighted by Gasteiger charge is 2.40. The zero-order chi connectivity index (χ0) is 25.4. The summed E-state index contributed by atoms with van der Waals surface area (Å²) < 4.78 is 40.2. The van der Waals surface area contributed by atoms with Gasteiger partial charge in [0, 0.05) is 22.8 Å². The molecule has 7 nitrogen and oxygen atoms in total. The molecule has 0 spiro atoms. The first kappa shape index (κ1) is 24.0. The van der Waals surface area contributed by atoms with Crippen LogP contribution in [0.25, 0.3) is 10.8 Å². The standard InChI is InChI=1S/C28H26N2O5S2/c31-28(29(17-23-7-4-14-36-23)16-20-10-13-25-26(15-20)35-19-34-25)18-30(22-11-12-22)37(32,33)27-9-3-6-21-5-1-2-8-24(21)27/h1-10,13-15,22H,11-12,16-19H2. The maximum atomic E-state index is 13.9. The van der Waals surface area contributed by atoms with E-state index in [1.54, 1.807) is 28.4 Å². The minimum Gasteiger partial charge on any atom is -0.454 e. The first-order valence-corrected chi connectivity index (χ1v) is 14.5. The van der Waals surface area contributed by atoms with Gasteiger partial charge in [-0.05, 0) is 53.4 Å². The zero-order valence-electron chi connectivity index (χ0n) is 20.1. The summed E-state index contributed by atoms with van der Waals surface area (Å²) in [6.07, 6.45) is 1.51. The molecule has 0 atom stereocenters. The number of hydrogen-bond donors (Lipinski definition) is 0. The number of carbonyl (C=O) groups is 1. The Morgan fingerprint density at radius 1 is 0.919 bits per heavy atom. The van der Waals surface area contributed by atoms with Crippen LogP contribution in [0.4, 0.5) is 0 Å². The van der Waals surface area contributed by atoms with Crippen molar-refractivity contribution in [1.82, 2.24) is 9.21 Å². The maximum absolute atomic E-state index is 13.9. The number of fused-ring (bicyclic) bond motifs is 2. The largest absolute Gasteiger partial charge is 0.454 e. The van der Waals surface area contributed by atoms with Gasteiger partial charge in [-0.2, -0.15) is 4.31 Å². The van der Waals surface area contributed by atoms with Gasteiger partial charge in [0.2, 0.25) is 22.7 Å². The maximum Gasteiger partial charge on any atom is 0.244 e. The molecular formula is C28H26N2O5S2. The zero-order valence-corrected chi connectivity index (χ0v) is 21.7. The minimum absolute atomic E-state index is 0.165. The van der Waals surface area contributed by atoms with Crippen molar-refractivity contribution in [2.75, 3.05) is 13.3 Å². The quantitative estimate of drug-likeness (QED) is 0.302. The van der Waals surface area contributed by atoms with Crippen molar-refractivity contribution < 1.29 is 22.7 Å². The van der Waals surface area contributed by atoms with Crippen LogP contribution in [-0.2, 0) is 27.9 Å². The van der Waals surface area contributed by atoms with Crippen molar-refractivity contribution in [2.24, 2.45) is 0 Å². The lowest BCUT2D eigenvalue weighted by atomic mass is 10.1. The Hall–Kier alpha value is -3.40. The molecule has 0 saturated heterocycles. The lowest BCUT2D eigenvalue weighted by molar-refractivity contribution is -0.132. The summed E-state index contributed by atoms with van der Waals surface area (Å²) in [6.45, 7) is 0.711. The van der Waals surface area contributed by atoms with Gasteiger partial charge in [-0.25, -0.2) is 8.42 Å². The lowest BCUT2D eigenvalue weighted by Gasteiger charge is -2.27. The van der Waals surface area contributed by atoms with E-state index in [0.717, 1.165) is 28.7 Å². The van der Waals surface area contributed by atoms with Crippen LogP contribution in [0.5, 0.6) is 11.5 Å². The Balaban J connectivity index is 1.29. The normalized spacial score (nSPS) is 14.8. The first-order valence-electron chi connectivity index (χ1n) is 12.2. The summed E-state index contributed by atoms with van der Waals surface area (Å²) in [6, 6.07) is 22.1. The number of carbonyl (C=O) groups excluding carboxylic acids is 1. The number of rotatable bonds is 9. The molecule has 3 aromatic carbocycles. The molecule has 0 N–H and O–H groups in total. The van der Waals surface area contributed by atoms with Crippen molar-refractivity contribution in [3.63, 3.8) is 0 Å². The van der Waals surface area contributed by atoms with Crippen LogP contribution >= 0.6 is 11.3 Å². The van der Waals surface area contributed by atoms with E-state index in [0.29, 0.717) is 30.0 Å². The molecule has 1 amide bonds. The Labute approximate surface area is 219 Å². The fraction of sp³-hybridized carbons (Fsp3) is 0.250. The third kappa shape index (κ3) is 4.94. The fourth-order valence-electron chi connectivity index (χ4n) is 4.64. The molecule has 2 aliphatic rings. The SMILES string of the molecule is O=C(CN(C1CC1)S(=O)(=O)c1cccc2ccccc12)N(Cc1ccc2c(c1)OCO2)Cc1cccs1. The number of benzene rings is 3. The van der Waals surface area contributed by atoms with Gasteiger partial charge in [-0.3, -0.25) is 4.79 Å². The van der Waals surface area contributed by atoms with E-state index in [1.807, 2.05) is 66.0 Å². The summed E-state index contributed by atoms with van der Waals surface area (Å²) in [4.78, 5) is 16.8. The Bertz CT molecular complexity index is 1540. The molecule has 0 bridgehead atoms. The summed E-state index contributed by atoms with van der Waals surface area (Å²) in [5.41, 5.74) is 0.893. The Morgan fingerprint density at radius 3 is 2.54 bits per heavy atom. The van der Waals surface area contributed by atoms with Crippen LogP contribution < -0.4 is 9.47 Å². The van der Waals surface area contributed by atoms with E-state index in [2.05, 4.69) is 0 Å². The average Bonchev–Trinajstić information content (AvgIpc) is 3.40. The molecule has 6 rings (SSSR count). The lowest BCUT2D eigenvalue weighted by Crippen LogP contribution is -2.43. The van der Waals surface area contributed by atoms with Crippen LogP contribution in [0.15, 0.2) is 83.1 Å². The summed E-state index contributed by atoms with van der Waals surface area (Å²) in [5, 5.41) is 3.49. The molecule has 1 aliphatic carbocycles. The molecule has 37 heavy (non-hydrogen) atoms. The van der Waals surface area contributed by atoms with E-state index < -0.39 is 10.0 Å². The molecule has 2 heterocycles. The molecule has 9 heteroatoms. The van der Waals surface area contributed by atoms with Gasteiger partial charge >= 0.3 is 0 Å². The third-order valence-corrected chi connectivity index (χ3v) is 9.49. The van der Waals surface area contributed by atoms with Gasteiger partial charge < -0.3 is 14.4 Å². The number of hydrogen-bond acceptors (Lipinski definition) is 6. The number of nitrogens with zero attached hydrogens (tertiary/aromatic N) is 2. The summed E-state index contributed by atoms with van der Waals surface area (Å²) >= 11 is 1.57. The highest BCUT2D eigenvalue weighted by Crippen LogP contribution is 2.35. The predicted octanol–water partition coefficient (Wildman–Crippen LogP) is 5.01. The molecular weight excluding hydrogens is 508 g/mol. The van der Waals surface area contributed by atoms with Crippen LogP contribution in [0.1, 0.15) is 23.3 Å². The third-order valence-electron chi connectivity index (χ3n) is 6.67. The van der Waals surface area contributed by atoms with Gasteiger partial charge in [-0.1, -0.05) is 48.5 Å². The van der Waals surface area contributed by atoms with Gasteiger partial charge in [0.15, 0.2) is 11.5 Å². The number of thiophene rings is 1. The van der Waals surface area contributed by atoms with E-state index in [-0.39, 0.29) is 30.2 Å². The second kappa shape index (κ2) is 9.81. The summed E-state index contributed by atoms with van der Waals surface area (Å²) in [5.74, 6) is 1.10. The van der Waals surface area contributed by atoms with Crippen molar-refractivity contribution in [1.29, 1.82) is 0 Å². The van der Waals surface area contributed by atoms with E-state index in [9.17, 15) is 13.2 Å². The van der Waals surface area contributed by atoms with Crippen LogP contribution in [0, 0.1) is 0 Å². The highest BCUT2D eigenvalue weighted by atomic mass is 32.2. The fourth-order valence-corrected chi connectivity index (χ4v) is 7.21. The second-order valence-electron chi connectivity index (χ2n) is 9.28.